The first-order valence-corrected chi connectivity index (χ1v) is 7.45. The summed E-state index contributed by atoms with van der Waals surface area (Å²) in [5.41, 5.74) is 6.83. The molecule has 2 aromatic carbocycles. The van der Waals surface area contributed by atoms with E-state index in [4.69, 9.17) is 10.5 Å². The van der Waals surface area contributed by atoms with Crippen LogP contribution in [0, 0.1) is 6.92 Å². The standard InChI is InChI=1S/C17H18F3N3O2.HI/c1-12-5-4-6-13(11-12)24-10-9-22-16(21)23-14-7-2-3-8-15(14)25-17(18,19)20;/h2-8,11H,9-10H2,1H3,(H3,21,22,23);1H. The van der Waals surface area contributed by atoms with E-state index in [0.29, 0.717) is 5.75 Å². The lowest BCUT2D eigenvalue weighted by Gasteiger charge is -2.14. The van der Waals surface area contributed by atoms with Crippen LogP contribution in [0.3, 0.4) is 0 Å². The fourth-order valence-electron chi connectivity index (χ4n) is 2.00. The number of hydrogen-bond donors (Lipinski definition) is 2. The van der Waals surface area contributed by atoms with E-state index in [1.165, 1.54) is 18.2 Å². The largest absolute Gasteiger partial charge is 0.573 e. The van der Waals surface area contributed by atoms with Gasteiger partial charge in [0.2, 0.25) is 0 Å². The van der Waals surface area contributed by atoms with Crippen molar-refractivity contribution in [2.45, 2.75) is 13.3 Å². The van der Waals surface area contributed by atoms with Crippen molar-refractivity contribution >= 4 is 35.6 Å². The molecular weight excluding hydrogens is 462 g/mol. The Morgan fingerprint density at radius 2 is 1.88 bits per heavy atom. The smallest absolute Gasteiger partial charge is 0.492 e. The summed E-state index contributed by atoms with van der Waals surface area (Å²) in [6.07, 6.45) is -4.79. The van der Waals surface area contributed by atoms with Crippen molar-refractivity contribution in [1.29, 1.82) is 0 Å². The van der Waals surface area contributed by atoms with Crippen molar-refractivity contribution in [3.8, 4) is 11.5 Å². The van der Waals surface area contributed by atoms with Crippen LogP contribution in [0.5, 0.6) is 11.5 Å². The first-order valence-electron chi connectivity index (χ1n) is 7.45. The topological polar surface area (TPSA) is 68.9 Å². The van der Waals surface area contributed by atoms with Crippen molar-refractivity contribution in [3.05, 3.63) is 54.1 Å². The number of aliphatic imine (C=N–C) groups is 1. The summed E-state index contributed by atoms with van der Waals surface area (Å²) in [6, 6.07) is 13.1. The third-order valence-corrected chi connectivity index (χ3v) is 3.01. The third-order valence-electron chi connectivity index (χ3n) is 3.01. The maximum absolute atomic E-state index is 12.4. The number of halogens is 4. The highest BCUT2D eigenvalue weighted by atomic mass is 127. The van der Waals surface area contributed by atoms with Gasteiger partial charge >= 0.3 is 6.36 Å². The van der Waals surface area contributed by atoms with Gasteiger partial charge in [0.1, 0.15) is 12.4 Å². The van der Waals surface area contributed by atoms with Gasteiger partial charge in [-0.15, -0.1) is 37.1 Å². The van der Waals surface area contributed by atoms with Gasteiger partial charge in [-0.3, -0.25) is 0 Å². The van der Waals surface area contributed by atoms with Crippen molar-refractivity contribution < 1.29 is 22.6 Å². The number of benzene rings is 2. The molecule has 0 saturated heterocycles. The molecule has 0 atom stereocenters. The SMILES string of the molecule is Cc1cccc(OCCN=C(N)Nc2ccccc2OC(F)(F)F)c1.I. The molecule has 0 heterocycles. The van der Waals surface area contributed by atoms with Crippen LogP contribution in [-0.2, 0) is 0 Å². The van der Waals surface area contributed by atoms with Gasteiger partial charge in [0.05, 0.1) is 12.2 Å². The summed E-state index contributed by atoms with van der Waals surface area (Å²) in [5, 5.41) is 2.59. The van der Waals surface area contributed by atoms with Crippen LogP contribution in [0.25, 0.3) is 0 Å². The maximum atomic E-state index is 12.4. The molecule has 0 aliphatic carbocycles. The molecule has 2 aromatic rings. The molecule has 0 bridgehead atoms. The minimum Gasteiger partial charge on any atom is -0.492 e. The summed E-state index contributed by atoms with van der Waals surface area (Å²) in [4.78, 5) is 4.02. The molecule has 0 aliphatic rings. The molecule has 0 spiro atoms. The highest BCUT2D eigenvalue weighted by Gasteiger charge is 2.32. The van der Waals surface area contributed by atoms with E-state index >= 15 is 0 Å². The highest BCUT2D eigenvalue weighted by Crippen LogP contribution is 2.29. The predicted octanol–water partition coefficient (Wildman–Crippen LogP) is 4.32. The van der Waals surface area contributed by atoms with Crippen LogP contribution in [0.1, 0.15) is 5.56 Å². The summed E-state index contributed by atoms with van der Waals surface area (Å²) >= 11 is 0. The van der Waals surface area contributed by atoms with E-state index < -0.39 is 6.36 Å². The van der Waals surface area contributed by atoms with Crippen molar-refractivity contribution in [1.82, 2.24) is 0 Å². The zero-order valence-corrected chi connectivity index (χ0v) is 16.2. The minimum atomic E-state index is -4.79. The Labute approximate surface area is 166 Å². The zero-order valence-electron chi connectivity index (χ0n) is 13.9. The van der Waals surface area contributed by atoms with Crippen molar-refractivity contribution in [2.24, 2.45) is 10.7 Å². The minimum absolute atomic E-state index is 0. The van der Waals surface area contributed by atoms with Crippen LogP contribution < -0.4 is 20.5 Å². The Bertz CT molecular complexity index is 739. The Hall–Kier alpha value is -2.17. The van der Waals surface area contributed by atoms with E-state index in [1.54, 1.807) is 6.07 Å². The molecule has 0 unspecified atom stereocenters. The number of aryl methyl sites for hydroxylation is 1. The van der Waals surface area contributed by atoms with E-state index in [1.807, 2.05) is 31.2 Å². The van der Waals surface area contributed by atoms with Crippen LogP contribution in [0.4, 0.5) is 18.9 Å². The molecule has 2 rings (SSSR count). The van der Waals surface area contributed by atoms with Gasteiger partial charge in [-0.2, -0.15) is 0 Å². The van der Waals surface area contributed by atoms with Crippen molar-refractivity contribution in [2.75, 3.05) is 18.5 Å². The fourth-order valence-corrected chi connectivity index (χ4v) is 2.00. The number of nitrogens with two attached hydrogens (primary N) is 1. The van der Waals surface area contributed by atoms with E-state index in [2.05, 4.69) is 15.0 Å². The second kappa shape index (κ2) is 10.1. The van der Waals surface area contributed by atoms with E-state index in [0.717, 1.165) is 5.56 Å². The lowest BCUT2D eigenvalue weighted by molar-refractivity contribution is -0.274. The van der Waals surface area contributed by atoms with Crippen LogP contribution in [0.2, 0.25) is 0 Å². The summed E-state index contributed by atoms with van der Waals surface area (Å²) in [5.74, 6) is 0.292. The lowest BCUT2D eigenvalue weighted by atomic mass is 10.2. The number of ether oxygens (including phenoxy) is 2. The van der Waals surface area contributed by atoms with Gasteiger partial charge in [-0.25, -0.2) is 4.99 Å². The van der Waals surface area contributed by atoms with Gasteiger partial charge < -0.3 is 20.5 Å². The first-order chi connectivity index (χ1) is 11.8. The number of para-hydroxylation sites is 2. The van der Waals surface area contributed by atoms with Gasteiger partial charge in [-0.05, 0) is 36.8 Å². The predicted molar refractivity (Wildman–Crippen MR) is 105 cm³/mol. The summed E-state index contributed by atoms with van der Waals surface area (Å²) in [6.45, 7) is 2.48. The fraction of sp³-hybridized carbons (Fsp3) is 0.235. The molecule has 0 aromatic heterocycles. The first kappa shape index (κ1) is 21.9. The van der Waals surface area contributed by atoms with Gasteiger partial charge in [0.25, 0.3) is 0 Å². The Morgan fingerprint density at radius 1 is 1.15 bits per heavy atom. The molecule has 5 nitrogen and oxygen atoms in total. The molecule has 9 heteroatoms. The molecule has 0 radical (unpaired) electrons. The summed E-state index contributed by atoms with van der Waals surface area (Å²) < 4.78 is 46.6. The molecule has 26 heavy (non-hydrogen) atoms. The average molecular weight is 481 g/mol. The van der Waals surface area contributed by atoms with E-state index in [9.17, 15) is 13.2 Å². The maximum Gasteiger partial charge on any atom is 0.573 e. The van der Waals surface area contributed by atoms with Gasteiger partial charge in [0.15, 0.2) is 11.7 Å². The molecule has 3 N–H and O–H groups in total. The quantitative estimate of drug-likeness (QED) is 0.279. The van der Waals surface area contributed by atoms with Crippen LogP contribution in [-0.4, -0.2) is 25.5 Å². The molecule has 0 amide bonds. The van der Waals surface area contributed by atoms with Crippen LogP contribution in [0.15, 0.2) is 53.5 Å². The lowest BCUT2D eigenvalue weighted by Crippen LogP contribution is -2.25. The van der Waals surface area contributed by atoms with Gasteiger partial charge in [-0.1, -0.05) is 24.3 Å². The normalized spacial score (nSPS) is 11.5. The Balaban J connectivity index is 0.00000338. The second-order valence-electron chi connectivity index (χ2n) is 5.10. The number of hydrogen-bond acceptors (Lipinski definition) is 3. The highest BCUT2D eigenvalue weighted by molar-refractivity contribution is 14.0. The molecule has 142 valence electrons. The number of nitrogens with zero attached hydrogens (tertiary/aromatic N) is 1. The summed E-state index contributed by atoms with van der Waals surface area (Å²) in [7, 11) is 0. The van der Waals surface area contributed by atoms with E-state index in [-0.39, 0.29) is 54.5 Å². The third kappa shape index (κ3) is 7.81. The average Bonchev–Trinajstić information content (AvgIpc) is 2.52. The monoisotopic (exact) mass is 481 g/mol. The molecular formula is C17H19F3IN3O2. The number of rotatable bonds is 6. The number of anilines is 1. The Kier molecular flexibility index (Phi) is 8.49. The molecule has 0 saturated carbocycles. The number of nitrogens with one attached hydrogen (secondary N) is 1. The molecule has 0 aliphatic heterocycles. The zero-order chi connectivity index (χ0) is 18.3. The Morgan fingerprint density at radius 3 is 2.58 bits per heavy atom. The second-order valence-corrected chi connectivity index (χ2v) is 5.10. The molecule has 0 fully saturated rings. The number of alkyl halides is 3. The van der Waals surface area contributed by atoms with Gasteiger partial charge in [0, 0.05) is 0 Å². The van der Waals surface area contributed by atoms with Crippen molar-refractivity contribution in [3.63, 3.8) is 0 Å². The van der Waals surface area contributed by atoms with Crippen LogP contribution >= 0.6 is 24.0 Å². The number of guanidine groups is 1.